The standard InChI is InChI=1S/C21H16Cl2FNO/c1-14-6-8-17(11-18(14)22)25-12-15-7-9-21(19(23)10-15)26-13-16-4-2-3-5-20(16)24/h2-12H,13H2,1H3. The molecule has 132 valence electrons. The SMILES string of the molecule is Cc1ccc(N=Cc2ccc(OCc3ccccc3F)c(Cl)c2)cc1Cl. The van der Waals surface area contributed by atoms with Crippen molar-refractivity contribution in [2.75, 3.05) is 0 Å². The van der Waals surface area contributed by atoms with Gasteiger partial charge in [-0.25, -0.2) is 4.39 Å². The third-order valence-corrected chi connectivity index (χ3v) is 4.52. The van der Waals surface area contributed by atoms with E-state index in [4.69, 9.17) is 27.9 Å². The Morgan fingerprint density at radius 1 is 1.00 bits per heavy atom. The largest absolute Gasteiger partial charge is 0.487 e. The predicted molar refractivity (Wildman–Crippen MR) is 106 cm³/mol. The third kappa shape index (κ3) is 4.63. The van der Waals surface area contributed by atoms with Gasteiger partial charge >= 0.3 is 0 Å². The molecule has 2 nitrogen and oxygen atoms in total. The molecule has 0 saturated heterocycles. The summed E-state index contributed by atoms with van der Waals surface area (Å²) in [5, 5.41) is 1.11. The molecule has 0 radical (unpaired) electrons. The molecule has 0 heterocycles. The Bertz CT molecular complexity index is 956. The predicted octanol–water partition coefficient (Wildman–Crippen LogP) is 6.77. The molecule has 0 unspecified atom stereocenters. The van der Waals surface area contributed by atoms with E-state index in [2.05, 4.69) is 4.99 Å². The number of hydrogen-bond acceptors (Lipinski definition) is 2. The maximum absolute atomic E-state index is 13.6. The topological polar surface area (TPSA) is 21.6 Å². The van der Waals surface area contributed by atoms with Crippen LogP contribution >= 0.6 is 23.2 Å². The highest BCUT2D eigenvalue weighted by Crippen LogP contribution is 2.27. The Morgan fingerprint density at radius 2 is 1.81 bits per heavy atom. The summed E-state index contributed by atoms with van der Waals surface area (Å²) in [6, 6.07) is 17.4. The highest BCUT2D eigenvalue weighted by atomic mass is 35.5. The van der Waals surface area contributed by atoms with Crippen LogP contribution in [0.4, 0.5) is 10.1 Å². The van der Waals surface area contributed by atoms with E-state index in [0.717, 1.165) is 16.8 Å². The number of aliphatic imine (C=N–C) groups is 1. The lowest BCUT2D eigenvalue weighted by atomic mass is 10.2. The lowest BCUT2D eigenvalue weighted by Crippen LogP contribution is -1.99. The van der Waals surface area contributed by atoms with Crippen LogP contribution in [0, 0.1) is 12.7 Å². The van der Waals surface area contributed by atoms with Crippen molar-refractivity contribution in [2.24, 2.45) is 4.99 Å². The van der Waals surface area contributed by atoms with Crippen LogP contribution in [0.2, 0.25) is 10.0 Å². The van der Waals surface area contributed by atoms with Crippen LogP contribution in [-0.4, -0.2) is 6.21 Å². The normalized spacial score (nSPS) is 11.1. The molecule has 5 heteroatoms. The van der Waals surface area contributed by atoms with Crippen molar-refractivity contribution >= 4 is 35.1 Å². The molecular weight excluding hydrogens is 372 g/mol. The van der Waals surface area contributed by atoms with Gasteiger partial charge in [0.15, 0.2) is 0 Å². The maximum atomic E-state index is 13.6. The Hall–Kier alpha value is -2.36. The van der Waals surface area contributed by atoms with Gasteiger partial charge in [0.2, 0.25) is 0 Å². The molecule has 0 bridgehead atoms. The van der Waals surface area contributed by atoms with Gasteiger partial charge in [-0.1, -0.05) is 47.5 Å². The van der Waals surface area contributed by atoms with Gasteiger partial charge in [0, 0.05) is 16.8 Å². The van der Waals surface area contributed by atoms with Crippen molar-refractivity contribution in [2.45, 2.75) is 13.5 Å². The zero-order valence-corrected chi connectivity index (χ0v) is 15.6. The first-order valence-corrected chi connectivity index (χ1v) is 8.74. The molecule has 0 amide bonds. The molecule has 0 aliphatic heterocycles. The zero-order chi connectivity index (χ0) is 18.5. The fourth-order valence-electron chi connectivity index (χ4n) is 2.30. The molecular formula is C21H16Cl2FNO. The minimum Gasteiger partial charge on any atom is -0.487 e. The number of nitrogens with zero attached hydrogens (tertiary/aromatic N) is 1. The van der Waals surface area contributed by atoms with Gasteiger partial charge < -0.3 is 4.74 Å². The van der Waals surface area contributed by atoms with Gasteiger partial charge in [-0.05, 0) is 54.4 Å². The second-order valence-electron chi connectivity index (χ2n) is 5.76. The Labute approximate surface area is 161 Å². The molecule has 0 N–H and O–H groups in total. The highest BCUT2D eigenvalue weighted by molar-refractivity contribution is 6.32. The number of ether oxygens (including phenoxy) is 1. The number of hydrogen-bond donors (Lipinski definition) is 0. The van der Waals surface area contributed by atoms with Crippen LogP contribution in [0.5, 0.6) is 5.75 Å². The maximum Gasteiger partial charge on any atom is 0.138 e. The summed E-state index contributed by atoms with van der Waals surface area (Å²) in [6.45, 7) is 2.05. The van der Waals surface area contributed by atoms with Gasteiger partial charge in [0.05, 0.1) is 10.7 Å². The van der Waals surface area contributed by atoms with Gasteiger partial charge in [-0.2, -0.15) is 0 Å². The monoisotopic (exact) mass is 387 g/mol. The summed E-state index contributed by atoms with van der Waals surface area (Å²) in [5.74, 6) is 0.189. The van der Waals surface area contributed by atoms with Crippen LogP contribution in [0.1, 0.15) is 16.7 Å². The van der Waals surface area contributed by atoms with E-state index < -0.39 is 0 Å². The number of aryl methyl sites for hydroxylation is 1. The van der Waals surface area contributed by atoms with Crippen LogP contribution in [0.15, 0.2) is 65.7 Å². The second kappa shape index (κ2) is 8.35. The van der Waals surface area contributed by atoms with E-state index in [0.29, 0.717) is 21.4 Å². The molecule has 0 atom stereocenters. The molecule has 0 aliphatic rings. The van der Waals surface area contributed by atoms with E-state index in [1.54, 1.807) is 42.6 Å². The number of halogens is 3. The molecule has 0 saturated carbocycles. The van der Waals surface area contributed by atoms with Crippen molar-refractivity contribution in [3.8, 4) is 5.75 Å². The number of rotatable bonds is 5. The molecule has 3 aromatic rings. The third-order valence-electron chi connectivity index (χ3n) is 3.82. The molecule has 26 heavy (non-hydrogen) atoms. The molecule has 0 aromatic heterocycles. The fourth-order valence-corrected chi connectivity index (χ4v) is 2.71. The van der Waals surface area contributed by atoms with E-state index in [1.807, 2.05) is 25.1 Å². The molecule has 0 aliphatic carbocycles. The van der Waals surface area contributed by atoms with Crippen LogP contribution in [-0.2, 0) is 6.61 Å². The summed E-state index contributed by atoms with van der Waals surface area (Å²) in [6.07, 6.45) is 1.70. The lowest BCUT2D eigenvalue weighted by Gasteiger charge is -2.09. The highest BCUT2D eigenvalue weighted by Gasteiger charge is 2.06. The van der Waals surface area contributed by atoms with Crippen molar-refractivity contribution in [3.63, 3.8) is 0 Å². The first kappa shape index (κ1) is 18.4. The number of benzene rings is 3. The second-order valence-corrected chi connectivity index (χ2v) is 6.58. The first-order valence-electron chi connectivity index (χ1n) is 7.99. The summed E-state index contributed by atoms with van der Waals surface area (Å²) in [4.78, 5) is 4.40. The Morgan fingerprint density at radius 3 is 2.54 bits per heavy atom. The Kier molecular flexibility index (Phi) is 5.92. The van der Waals surface area contributed by atoms with Crippen LogP contribution in [0.25, 0.3) is 0 Å². The van der Waals surface area contributed by atoms with Crippen molar-refractivity contribution < 1.29 is 9.13 Å². The van der Waals surface area contributed by atoms with E-state index in [-0.39, 0.29) is 12.4 Å². The quantitative estimate of drug-likeness (QED) is 0.442. The fraction of sp³-hybridized carbons (Fsp3) is 0.0952. The molecule has 3 rings (SSSR count). The zero-order valence-electron chi connectivity index (χ0n) is 14.0. The van der Waals surface area contributed by atoms with Crippen LogP contribution < -0.4 is 4.74 Å². The molecule has 0 spiro atoms. The Balaban J connectivity index is 1.70. The summed E-state index contributed by atoms with van der Waals surface area (Å²) < 4.78 is 19.2. The average molecular weight is 388 g/mol. The van der Waals surface area contributed by atoms with Gasteiger partial charge in [0.25, 0.3) is 0 Å². The van der Waals surface area contributed by atoms with Gasteiger partial charge in [0.1, 0.15) is 18.2 Å². The first-order chi connectivity index (χ1) is 12.5. The minimum atomic E-state index is -0.302. The summed E-state index contributed by atoms with van der Waals surface area (Å²) in [5.41, 5.74) is 3.07. The smallest absolute Gasteiger partial charge is 0.138 e. The van der Waals surface area contributed by atoms with Gasteiger partial charge in [-0.15, -0.1) is 0 Å². The van der Waals surface area contributed by atoms with Crippen molar-refractivity contribution in [1.82, 2.24) is 0 Å². The van der Waals surface area contributed by atoms with E-state index in [1.165, 1.54) is 6.07 Å². The minimum absolute atomic E-state index is 0.113. The van der Waals surface area contributed by atoms with Crippen molar-refractivity contribution in [3.05, 3.63) is 93.2 Å². The van der Waals surface area contributed by atoms with Crippen molar-refractivity contribution in [1.29, 1.82) is 0 Å². The van der Waals surface area contributed by atoms with Crippen LogP contribution in [0.3, 0.4) is 0 Å². The van der Waals surface area contributed by atoms with E-state index >= 15 is 0 Å². The molecule has 3 aromatic carbocycles. The summed E-state index contributed by atoms with van der Waals surface area (Å²) in [7, 11) is 0. The average Bonchev–Trinajstić information content (AvgIpc) is 2.63. The lowest BCUT2D eigenvalue weighted by molar-refractivity contribution is 0.300. The van der Waals surface area contributed by atoms with E-state index in [9.17, 15) is 4.39 Å². The van der Waals surface area contributed by atoms with Gasteiger partial charge in [-0.3, -0.25) is 4.99 Å². The summed E-state index contributed by atoms with van der Waals surface area (Å²) >= 11 is 12.4. The molecule has 0 fully saturated rings.